The maximum atomic E-state index is 2.39. The summed E-state index contributed by atoms with van der Waals surface area (Å²) in [5.74, 6) is 0. The van der Waals surface area contributed by atoms with Crippen molar-refractivity contribution in [2.45, 2.75) is 46.0 Å². The molecule has 0 heterocycles. The standard InChI is InChI=1S/C37H37N/c1-5-12-31-27-30(28-17-22-32(23-18-28)37(2,3)4)21-26-36(31)29-19-24-35(25-20-29)38(33-13-8-6-9-14-33)34-15-10-7-11-16-34/h6-11,13-27H,5,12H2,1-4H3. The first kappa shape index (κ1) is 25.5. The molecule has 190 valence electrons. The topological polar surface area (TPSA) is 3.24 Å². The van der Waals surface area contributed by atoms with Crippen molar-refractivity contribution in [3.05, 3.63) is 139 Å². The Morgan fingerprint density at radius 2 is 1.03 bits per heavy atom. The Morgan fingerprint density at radius 1 is 0.526 bits per heavy atom. The van der Waals surface area contributed by atoms with Gasteiger partial charge in [0.15, 0.2) is 0 Å². The van der Waals surface area contributed by atoms with E-state index in [-0.39, 0.29) is 5.41 Å². The van der Waals surface area contributed by atoms with Gasteiger partial charge in [-0.25, -0.2) is 0 Å². The van der Waals surface area contributed by atoms with Crippen molar-refractivity contribution in [3.8, 4) is 22.3 Å². The van der Waals surface area contributed by atoms with Crippen LogP contribution in [0.5, 0.6) is 0 Å². The lowest BCUT2D eigenvalue weighted by Crippen LogP contribution is -2.10. The summed E-state index contributed by atoms with van der Waals surface area (Å²) >= 11 is 0. The smallest absolute Gasteiger partial charge is 0.0462 e. The number of anilines is 3. The van der Waals surface area contributed by atoms with Crippen molar-refractivity contribution in [2.75, 3.05) is 4.90 Å². The third kappa shape index (κ3) is 5.58. The van der Waals surface area contributed by atoms with Crippen LogP contribution in [0, 0.1) is 0 Å². The lowest BCUT2D eigenvalue weighted by atomic mass is 9.86. The highest BCUT2D eigenvalue weighted by Gasteiger charge is 2.15. The number of aryl methyl sites for hydroxylation is 1. The molecule has 0 atom stereocenters. The van der Waals surface area contributed by atoms with E-state index in [9.17, 15) is 0 Å². The first-order valence-corrected chi connectivity index (χ1v) is 13.7. The molecule has 0 aromatic heterocycles. The molecule has 0 aliphatic rings. The van der Waals surface area contributed by atoms with E-state index in [0.717, 1.165) is 29.9 Å². The Hall–Kier alpha value is -4.10. The Labute approximate surface area is 228 Å². The van der Waals surface area contributed by atoms with Gasteiger partial charge in [0.05, 0.1) is 0 Å². The van der Waals surface area contributed by atoms with E-state index in [4.69, 9.17) is 0 Å². The van der Waals surface area contributed by atoms with Crippen LogP contribution in [0.1, 0.15) is 45.2 Å². The second-order valence-electron chi connectivity index (χ2n) is 11.0. The van der Waals surface area contributed by atoms with Crippen molar-refractivity contribution >= 4 is 17.1 Å². The molecule has 5 aromatic carbocycles. The highest BCUT2D eigenvalue weighted by molar-refractivity contribution is 5.79. The van der Waals surface area contributed by atoms with Crippen molar-refractivity contribution < 1.29 is 0 Å². The van der Waals surface area contributed by atoms with Crippen LogP contribution in [0.15, 0.2) is 127 Å². The first-order valence-electron chi connectivity index (χ1n) is 13.7. The summed E-state index contributed by atoms with van der Waals surface area (Å²) in [5, 5.41) is 0. The molecule has 1 nitrogen and oxygen atoms in total. The third-order valence-electron chi connectivity index (χ3n) is 7.17. The van der Waals surface area contributed by atoms with E-state index in [1.807, 2.05) is 0 Å². The monoisotopic (exact) mass is 495 g/mol. The zero-order valence-electron chi connectivity index (χ0n) is 23.0. The Morgan fingerprint density at radius 3 is 1.55 bits per heavy atom. The minimum atomic E-state index is 0.165. The van der Waals surface area contributed by atoms with Gasteiger partial charge in [-0.2, -0.15) is 0 Å². The number of nitrogens with zero attached hydrogens (tertiary/aromatic N) is 1. The molecule has 38 heavy (non-hydrogen) atoms. The fraction of sp³-hybridized carbons (Fsp3) is 0.189. The summed E-state index contributed by atoms with van der Waals surface area (Å²) in [6.07, 6.45) is 2.18. The molecule has 0 saturated carbocycles. The molecule has 0 unspecified atom stereocenters. The van der Waals surface area contributed by atoms with Gasteiger partial charge in [-0.05, 0) is 81.6 Å². The van der Waals surface area contributed by atoms with Gasteiger partial charge in [0, 0.05) is 17.1 Å². The van der Waals surface area contributed by atoms with E-state index >= 15 is 0 Å². The molecule has 0 fully saturated rings. The van der Waals surface area contributed by atoms with Gasteiger partial charge in [-0.3, -0.25) is 0 Å². The zero-order valence-corrected chi connectivity index (χ0v) is 23.0. The fourth-order valence-electron chi connectivity index (χ4n) is 5.09. The predicted molar refractivity (Wildman–Crippen MR) is 165 cm³/mol. The Bertz CT molecular complexity index is 1420. The van der Waals surface area contributed by atoms with Gasteiger partial charge in [0.25, 0.3) is 0 Å². The lowest BCUT2D eigenvalue weighted by Gasteiger charge is -2.25. The first-order chi connectivity index (χ1) is 18.4. The van der Waals surface area contributed by atoms with Crippen LogP contribution >= 0.6 is 0 Å². The van der Waals surface area contributed by atoms with Crippen LogP contribution in [0.4, 0.5) is 17.1 Å². The van der Waals surface area contributed by atoms with Crippen LogP contribution < -0.4 is 4.90 Å². The van der Waals surface area contributed by atoms with E-state index in [1.54, 1.807) is 0 Å². The summed E-state index contributed by atoms with van der Waals surface area (Å²) < 4.78 is 0. The van der Waals surface area contributed by atoms with Gasteiger partial charge < -0.3 is 4.90 Å². The average molecular weight is 496 g/mol. The molecule has 1 heteroatoms. The zero-order chi connectivity index (χ0) is 26.5. The summed E-state index contributed by atoms with van der Waals surface area (Å²) in [6, 6.07) is 46.2. The molecule has 0 N–H and O–H groups in total. The molecule has 0 bridgehead atoms. The molecule has 0 spiro atoms. The van der Waals surface area contributed by atoms with Gasteiger partial charge in [0.1, 0.15) is 0 Å². The summed E-state index contributed by atoms with van der Waals surface area (Å²) in [4.78, 5) is 2.31. The molecule has 5 rings (SSSR count). The van der Waals surface area contributed by atoms with Crippen molar-refractivity contribution in [3.63, 3.8) is 0 Å². The normalized spacial score (nSPS) is 11.4. The second kappa shape index (κ2) is 11.1. The summed E-state index contributed by atoms with van der Waals surface area (Å²) in [5.41, 5.74) is 11.5. The van der Waals surface area contributed by atoms with Gasteiger partial charge >= 0.3 is 0 Å². The van der Waals surface area contributed by atoms with E-state index in [0.29, 0.717) is 0 Å². The van der Waals surface area contributed by atoms with Crippen LogP contribution in [0.2, 0.25) is 0 Å². The number of para-hydroxylation sites is 2. The summed E-state index contributed by atoms with van der Waals surface area (Å²) in [6.45, 7) is 9.05. The minimum Gasteiger partial charge on any atom is -0.311 e. The van der Waals surface area contributed by atoms with E-state index in [1.165, 1.54) is 33.4 Å². The summed E-state index contributed by atoms with van der Waals surface area (Å²) in [7, 11) is 0. The molecule has 0 aliphatic carbocycles. The predicted octanol–water partition coefficient (Wildman–Crippen LogP) is 10.7. The number of hydrogen-bond donors (Lipinski definition) is 0. The quantitative estimate of drug-likeness (QED) is 0.217. The van der Waals surface area contributed by atoms with Crippen molar-refractivity contribution in [2.24, 2.45) is 0 Å². The van der Waals surface area contributed by atoms with Crippen LogP contribution in [0.3, 0.4) is 0 Å². The highest BCUT2D eigenvalue weighted by atomic mass is 15.1. The molecule has 0 amide bonds. The van der Waals surface area contributed by atoms with E-state index < -0.39 is 0 Å². The second-order valence-corrected chi connectivity index (χ2v) is 11.0. The van der Waals surface area contributed by atoms with Gasteiger partial charge in [-0.1, -0.05) is 125 Å². The van der Waals surface area contributed by atoms with Crippen molar-refractivity contribution in [1.82, 2.24) is 0 Å². The number of hydrogen-bond acceptors (Lipinski definition) is 1. The third-order valence-corrected chi connectivity index (χ3v) is 7.17. The Kier molecular flexibility index (Phi) is 7.47. The number of rotatable bonds is 7. The van der Waals surface area contributed by atoms with Crippen molar-refractivity contribution in [1.29, 1.82) is 0 Å². The SMILES string of the molecule is CCCc1cc(-c2ccc(C(C)(C)C)cc2)ccc1-c1ccc(N(c2ccccc2)c2ccccc2)cc1. The molecule has 0 radical (unpaired) electrons. The highest BCUT2D eigenvalue weighted by Crippen LogP contribution is 2.37. The van der Waals surface area contributed by atoms with Gasteiger partial charge in [-0.15, -0.1) is 0 Å². The average Bonchev–Trinajstić information content (AvgIpc) is 2.95. The molecule has 0 aliphatic heterocycles. The minimum absolute atomic E-state index is 0.165. The maximum Gasteiger partial charge on any atom is 0.0462 e. The fourth-order valence-corrected chi connectivity index (χ4v) is 5.09. The van der Waals surface area contributed by atoms with Gasteiger partial charge in [0.2, 0.25) is 0 Å². The Balaban J connectivity index is 1.48. The maximum absolute atomic E-state index is 2.39. The molecule has 0 saturated heterocycles. The van der Waals surface area contributed by atoms with Crippen LogP contribution in [-0.2, 0) is 11.8 Å². The lowest BCUT2D eigenvalue weighted by molar-refractivity contribution is 0.590. The largest absolute Gasteiger partial charge is 0.311 e. The molecular weight excluding hydrogens is 458 g/mol. The van der Waals surface area contributed by atoms with Crippen LogP contribution in [0.25, 0.3) is 22.3 Å². The van der Waals surface area contributed by atoms with E-state index in [2.05, 4.69) is 160 Å². The molecule has 5 aromatic rings. The number of benzene rings is 5. The molecular formula is C37H37N. The van der Waals surface area contributed by atoms with Crippen LogP contribution in [-0.4, -0.2) is 0 Å².